The number of H-pyrrole nitrogens is 1. The van der Waals surface area contributed by atoms with Gasteiger partial charge in [0.1, 0.15) is 11.6 Å². The van der Waals surface area contributed by atoms with Crippen LogP contribution in [0.4, 0.5) is 4.39 Å². The summed E-state index contributed by atoms with van der Waals surface area (Å²) < 4.78 is 24.5. The lowest BCUT2D eigenvalue weighted by molar-refractivity contribution is -0.157. The topological polar surface area (TPSA) is 88.7 Å². The molecule has 1 aromatic heterocycles. The first kappa shape index (κ1) is 26.7. The summed E-state index contributed by atoms with van der Waals surface area (Å²) in [6, 6.07) is 9.08. The van der Waals surface area contributed by atoms with Gasteiger partial charge in [-0.2, -0.15) is 0 Å². The minimum Gasteiger partial charge on any atom is -0.481 e. The first-order chi connectivity index (χ1) is 17.5. The molecule has 1 aliphatic rings. The second-order valence-corrected chi connectivity index (χ2v) is 10.4. The fourth-order valence-corrected chi connectivity index (χ4v) is 5.22. The van der Waals surface area contributed by atoms with E-state index in [4.69, 9.17) is 21.1 Å². The second-order valence-electron chi connectivity index (χ2n) is 9.96. The Kier molecular flexibility index (Phi) is 7.59. The molecule has 1 fully saturated rings. The number of fused-ring (bicyclic) bond motifs is 1. The van der Waals surface area contributed by atoms with E-state index >= 15 is 0 Å². The maximum absolute atomic E-state index is 13.5. The molecule has 2 atom stereocenters. The molecule has 9 heteroatoms. The van der Waals surface area contributed by atoms with Crippen LogP contribution in [0, 0.1) is 17.2 Å². The van der Waals surface area contributed by atoms with E-state index in [0.29, 0.717) is 40.7 Å². The van der Waals surface area contributed by atoms with Crippen molar-refractivity contribution in [2.45, 2.75) is 39.7 Å². The number of pyridine rings is 1. The number of aromatic nitrogens is 1. The van der Waals surface area contributed by atoms with Gasteiger partial charge in [0.2, 0.25) is 0 Å². The van der Waals surface area contributed by atoms with Crippen LogP contribution in [0.25, 0.3) is 21.9 Å². The van der Waals surface area contributed by atoms with Crippen LogP contribution in [0.15, 0.2) is 47.4 Å². The molecule has 0 radical (unpaired) electrons. The first-order valence-electron chi connectivity index (χ1n) is 12.2. The molecule has 1 amide bonds. The Balaban J connectivity index is 1.55. The minimum atomic E-state index is -0.800. The maximum Gasteiger partial charge on any atom is 0.311 e. The van der Waals surface area contributed by atoms with Gasteiger partial charge in [-0.25, -0.2) is 4.39 Å². The first-order valence-corrected chi connectivity index (χ1v) is 12.6. The zero-order valence-electron chi connectivity index (χ0n) is 21.3. The van der Waals surface area contributed by atoms with E-state index < -0.39 is 17.3 Å². The third-order valence-corrected chi connectivity index (χ3v) is 7.53. The Morgan fingerprint density at radius 3 is 2.62 bits per heavy atom. The summed E-state index contributed by atoms with van der Waals surface area (Å²) in [5.74, 6) is -0.596. The Bertz CT molecular complexity index is 1400. The number of piperidine rings is 1. The van der Waals surface area contributed by atoms with E-state index in [1.807, 2.05) is 13.8 Å². The molecule has 196 valence electrons. The molecule has 1 N–H and O–H groups in total. The van der Waals surface area contributed by atoms with E-state index in [-0.39, 0.29) is 28.4 Å². The van der Waals surface area contributed by atoms with Crippen LogP contribution < -0.4 is 10.3 Å². The smallest absolute Gasteiger partial charge is 0.311 e. The number of nitrogens with zero attached hydrogens (tertiary/aromatic N) is 1. The van der Waals surface area contributed by atoms with Gasteiger partial charge < -0.3 is 19.4 Å². The highest BCUT2D eigenvalue weighted by Crippen LogP contribution is 2.36. The number of esters is 1. The summed E-state index contributed by atoms with van der Waals surface area (Å²) >= 11 is 6.25. The quantitative estimate of drug-likeness (QED) is 0.445. The van der Waals surface area contributed by atoms with E-state index in [2.05, 4.69) is 4.98 Å². The summed E-state index contributed by atoms with van der Waals surface area (Å²) in [5, 5.41) is 1.20. The van der Waals surface area contributed by atoms with Gasteiger partial charge in [-0.15, -0.1) is 0 Å². The lowest BCUT2D eigenvalue weighted by atomic mass is 9.74. The van der Waals surface area contributed by atoms with Crippen LogP contribution in [0.5, 0.6) is 5.75 Å². The van der Waals surface area contributed by atoms with Crippen LogP contribution in [0.2, 0.25) is 5.02 Å². The molecule has 0 saturated carbocycles. The van der Waals surface area contributed by atoms with E-state index in [1.165, 1.54) is 19.2 Å². The van der Waals surface area contributed by atoms with Crippen LogP contribution in [-0.4, -0.2) is 48.1 Å². The zero-order chi connectivity index (χ0) is 26.9. The Hall–Kier alpha value is -3.39. The normalized spacial score (nSPS) is 16.9. The molecule has 1 saturated heterocycles. The molecule has 2 aromatic carbocycles. The summed E-state index contributed by atoms with van der Waals surface area (Å²) in [7, 11) is 1.37. The predicted octanol–water partition coefficient (Wildman–Crippen LogP) is 5.19. The Morgan fingerprint density at radius 2 is 1.92 bits per heavy atom. The average molecular weight is 529 g/mol. The molecule has 0 bridgehead atoms. The fraction of sp³-hybridized carbons (Fsp3) is 0.393. The van der Waals surface area contributed by atoms with Crippen LogP contribution in [-0.2, 0) is 14.3 Å². The van der Waals surface area contributed by atoms with Gasteiger partial charge in [0.05, 0.1) is 22.9 Å². The van der Waals surface area contributed by atoms with Gasteiger partial charge >= 0.3 is 5.97 Å². The Morgan fingerprint density at radius 1 is 1.16 bits per heavy atom. The summed E-state index contributed by atoms with van der Waals surface area (Å²) in [6.45, 7) is 6.38. The number of aromatic amines is 1. The van der Waals surface area contributed by atoms with Gasteiger partial charge in [0, 0.05) is 30.4 Å². The van der Waals surface area contributed by atoms with Crippen molar-refractivity contribution < 1.29 is 23.5 Å². The summed E-state index contributed by atoms with van der Waals surface area (Å²) in [4.78, 5) is 42.5. The number of hydrogen-bond acceptors (Lipinski definition) is 5. The lowest BCUT2D eigenvalue weighted by Gasteiger charge is -2.40. The third-order valence-electron chi connectivity index (χ3n) is 7.22. The molecule has 3 aromatic rings. The van der Waals surface area contributed by atoms with E-state index in [1.54, 1.807) is 42.3 Å². The van der Waals surface area contributed by atoms with Crippen molar-refractivity contribution in [2.24, 2.45) is 11.3 Å². The Labute approximate surface area is 219 Å². The number of benzene rings is 2. The number of hydrogen-bond donors (Lipinski definition) is 1. The largest absolute Gasteiger partial charge is 0.481 e. The number of ether oxygens (including phenoxy) is 2. The average Bonchev–Trinajstić information content (AvgIpc) is 2.88. The lowest BCUT2D eigenvalue weighted by Crippen LogP contribution is -2.50. The molecule has 7 nitrogen and oxygen atoms in total. The van der Waals surface area contributed by atoms with Gasteiger partial charge in [-0.05, 0) is 81.3 Å². The molecule has 2 heterocycles. The van der Waals surface area contributed by atoms with Crippen molar-refractivity contribution in [1.82, 2.24) is 9.88 Å². The zero-order valence-corrected chi connectivity index (χ0v) is 22.0. The third kappa shape index (κ3) is 5.34. The number of likely N-dealkylation sites (tertiary alicyclic amines) is 1. The highest BCUT2D eigenvalue weighted by molar-refractivity contribution is 6.33. The predicted molar refractivity (Wildman–Crippen MR) is 140 cm³/mol. The number of rotatable bonds is 6. The summed E-state index contributed by atoms with van der Waals surface area (Å²) in [5.41, 5.74) is 0.187. The number of methoxy groups -OCH3 is 1. The van der Waals surface area contributed by atoms with E-state index in [9.17, 15) is 18.8 Å². The van der Waals surface area contributed by atoms with E-state index in [0.717, 1.165) is 12.8 Å². The van der Waals surface area contributed by atoms with Gasteiger partial charge in [0.25, 0.3) is 11.5 Å². The molecule has 0 aliphatic carbocycles. The van der Waals surface area contributed by atoms with Crippen molar-refractivity contribution >= 4 is 34.2 Å². The van der Waals surface area contributed by atoms with Crippen molar-refractivity contribution in [3.63, 3.8) is 0 Å². The monoisotopic (exact) mass is 528 g/mol. The molecular weight excluding hydrogens is 499 g/mol. The number of nitrogens with one attached hydrogen (secondary N) is 1. The SMILES string of the molecule is COC(=O)C(C)(C)[C@H]1CCCN(C(=O)[C@@H](C)Oc2ccc3c(-c4ccc(F)cc4Cl)c[nH]c(=O)c3c2)C1. The molecule has 4 rings (SSSR count). The molecule has 1 aliphatic heterocycles. The molecule has 0 unspecified atom stereocenters. The van der Waals surface area contributed by atoms with Gasteiger partial charge in [-0.1, -0.05) is 11.6 Å². The second kappa shape index (κ2) is 10.5. The highest BCUT2D eigenvalue weighted by Gasteiger charge is 2.41. The summed E-state index contributed by atoms with van der Waals surface area (Å²) in [6.07, 6.45) is 2.35. The molecular formula is C28H30ClFN2O5. The fourth-order valence-electron chi connectivity index (χ4n) is 4.95. The molecule has 0 spiro atoms. The van der Waals surface area contributed by atoms with Crippen LogP contribution in [0.1, 0.15) is 33.6 Å². The van der Waals surface area contributed by atoms with Gasteiger partial charge in [-0.3, -0.25) is 14.4 Å². The van der Waals surface area contributed by atoms with Crippen molar-refractivity contribution in [3.8, 4) is 16.9 Å². The number of halogens is 2. The van der Waals surface area contributed by atoms with Crippen molar-refractivity contribution in [2.75, 3.05) is 20.2 Å². The standard InChI is InChI=1S/C28H30ClFN2O5/c1-16(26(34)32-11-5-6-17(15-32)28(2,3)27(35)36-4)37-19-8-10-20-22(13-19)25(33)31-14-23(20)21-9-7-18(30)12-24(21)29/h7-10,12-14,16-17H,5-6,11,15H2,1-4H3,(H,31,33)/t16-,17+/m1/s1. The number of amides is 1. The van der Waals surface area contributed by atoms with Crippen molar-refractivity contribution in [1.29, 1.82) is 0 Å². The van der Waals surface area contributed by atoms with Crippen LogP contribution >= 0.6 is 11.6 Å². The number of carbonyl (C=O) groups is 2. The van der Waals surface area contributed by atoms with Gasteiger partial charge in [0.15, 0.2) is 6.10 Å². The maximum atomic E-state index is 13.5. The molecule has 37 heavy (non-hydrogen) atoms. The van der Waals surface area contributed by atoms with Crippen LogP contribution in [0.3, 0.4) is 0 Å². The highest BCUT2D eigenvalue weighted by atomic mass is 35.5. The number of carbonyl (C=O) groups excluding carboxylic acids is 2. The minimum absolute atomic E-state index is 0.0271. The van der Waals surface area contributed by atoms with Crippen molar-refractivity contribution in [3.05, 3.63) is 63.8 Å².